The topological polar surface area (TPSA) is 50.2 Å². The Bertz CT molecular complexity index is 270. The van der Waals surface area contributed by atoms with E-state index in [4.69, 9.17) is 5.11 Å². The largest absolute Gasteiger partial charge is 0.481 e. The van der Waals surface area contributed by atoms with Crippen molar-refractivity contribution in [1.29, 1.82) is 0 Å². The van der Waals surface area contributed by atoms with Gasteiger partial charge in [-0.2, -0.15) is 0 Å². The highest BCUT2D eigenvalue weighted by Crippen LogP contribution is 2.47. The molecule has 0 radical (unpaired) electrons. The molecule has 1 saturated carbocycles. The van der Waals surface area contributed by atoms with Gasteiger partial charge in [-0.05, 0) is 23.5 Å². The van der Waals surface area contributed by atoms with E-state index in [1.807, 2.05) is 5.38 Å². The summed E-state index contributed by atoms with van der Waals surface area (Å²) in [5.41, 5.74) is 1.09. The Hall–Kier alpha value is -0.900. The number of hydrogen-bond donors (Lipinski definition) is 1. The van der Waals surface area contributed by atoms with Crippen LogP contribution < -0.4 is 0 Å². The second-order valence-corrected chi connectivity index (χ2v) is 3.40. The minimum atomic E-state index is -0.679. The maximum absolute atomic E-state index is 10.5. The number of aromatic nitrogens is 1. The van der Waals surface area contributed by atoms with Gasteiger partial charge in [-0.15, -0.1) is 0 Å². The normalized spacial score (nSPS) is 28.4. The van der Waals surface area contributed by atoms with Crippen LogP contribution in [0.2, 0.25) is 0 Å². The highest BCUT2D eigenvalue weighted by atomic mass is 32.1. The number of rotatable bonds is 2. The van der Waals surface area contributed by atoms with E-state index in [1.165, 1.54) is 11.5 Å². The molecule has 2 atom stereocenters. The lowest BCUT2D eigenvalue weighted by molar-refractivity contribution is -0.138. The summed E-state index contributed by atoms with van der Waals surface area (Å²) in [4.78, 5) is 10.5. The first-order chi connectivity index (χ1) is 5.29. The lowest BCUT2D eigenvalue weighted by Gasteiger charge is -1.88. The molecule has 2 rings (SSSR count). The number of nitrogens with zero attached hydrogens (tertiary/aromatic N) is 1. The van der Waals surface area contributed by atoms with Crippen LogP contribution >= 0.6 is 11.5 Å². The van der Waals surface area contributed by atoms with Crippen LogP contribution in [0.1, 0.15) is 17.9 Å². The Labute approximate surface area is 67.8 Å². The van der Waals surface area contributed by atoms with Crippen molar-refractivity contribution in [3.63, 3.8) is 0 Å². The summed E-state index contributed by atoms with van der Waals surface area (Å²) in [5.74, 6) is -0.584. The number of aliphatic carboxylic acids is 1. The predicted molar refractivity (Wildman–Crippen MR) is 40.6 cm³/mol. The van der Waals surface area contributed by atoms with Gasteiger partial charge in [0, 0.05) is 17.5 Å². The van der Waals surface area contributed by atoms with Crippen LogP contribution in [0.15, 0.2) is 11.6 Å². The molecule has 0 aliphatic heterocycles. The fourth-order valence-corrected chi connectivity index (χ4v) is 1.83. The van der Waals surface area contributed by atoms with Gasteiger partial charge in [-0.25, -0.2) is 4.37 Å². The summed E-state index contributed by atoms with van der Waals surface area (Å²) in [6, 6.07) is 0. The first-order valence-electron chi connectivity index (χ1n) is 3.41. The molecule has 0 saturated heterocycles. The van der Waals surface area contributed by atoms with Crippen LogP contribution in [0.4, 0.5) is 0 Å². The van der Waals surface area contributed by atoms with Gasteiger partial charge in [0.1, 0.15) is 0 Å². The second-order valence-electron chi connectivity index (χ2n) is 2.74. The van der Waals surface area contributed by atoms with Crippen molar-refractivity contribution in [2.24, 2.45) is 5.92 Å². The van der Waals surface area contributed by atoms with Gasteiger partial charge < -0.3 is 5.11 Å². The van der Waals surface area contributed by atoms with E-state index in [9.17, 15) is 4.79 Å². The van der Waals surface area contributed by atoms with Crippen molar-refractivity contribution < 1.29 is 9.90 Å². The summed E-state index contributed by atoms with van der Waals surface area (Å²) in [6.07, 6.45) is 2.55. The molecule has 11 heavy (non-hydrogen) atoms. The Balaban J connectivity index is 2.08. The molecule has 1 aliphatic carbocycles. The van der Waals surface area contributed by atoms with Crippen LogP contribution in [0, 0.1) is 5.92 Å². The summed E-state index contributed by atoms with van der Waals surface area (Å²) >= 11 is 1.38. The standard InChI is InChI=1S/C7H7NO2S/c9-7(10)6-1-5(6)4-2-8-11-3-4/h2-3,5-6H,1H2,(H,9,10)/t5-,6+/m0/s1. The molecule has 1 heterocycles. The van der Waals surface area contributed by atoms with E-state index in [0.717, 1.165) is 12.0 Å². The third-order valence-corrected chi connectivity index (χ3v) is 2.59. The van der Waals surface area contributed by atoms with Crippen molar-refractivity contribution in [3.05, 3.63) is 17.1 Å². The molecule has 1 aromatic heterocycles. The number of carbonyl (C=O) groups is 1. The zero-order chi connectivity index (χ0) is 7.84. The second kappa shape index (κ2) is 2.30. The molecule has 0 bridgehead atoms. The summed E-state index contributed by atoms with van der Waals surface area (Å²) in [6.45, 7) is 0. The third-order valence-electron chi connectivity index (χ3n) is 1.99. The smallest absolute Gasteiger partial charge is 0.307 e. The average Bonchev–Trinajstić information content (AvgIpc) is 2.60. The summed E-state index contributed by atoms with van der Waals surface area (Å²) in [5, 5.41) is 10.5. The lowest BCUT2D eigenvalue weighted by atomic mass is 10.2. The van der Waals surface area contributed by atoms with Crippen LogP contribution in [0.5, 0.6) is 0 Å². The highest BCUT2D eigenvalue weighted by molar-refractivity contribution is 7.03. The molecule has 0 aromatic carbocycles. The Morgan fingerprint density at radius 1 is 1.82 bits per heavy atom. The predicted octanol–water partition coefficient (Wildman–Crippen LogP) is 1.33. The van der Waals surface area contributed by atoms with Gasteiger partial charge in [-0.1, -0.05) is 0 Å². The van der Waals surface area contributed by atoms with E-state index in [1.54, 1.807) is 6.20 Å². The van der Waals surface area contributed by atoms with Gasteiger partial charge >= 0.3 is 5.97 Å². The SMILES string of the molecule is O=C(O)[C@@H]1C[C@H]1c1cnsc1. The van der Waals surface area contributed by atoms with E-state index in [2.05, 4.69) is 4.37 Å². The molecule has 1 N–H and O–H groups in total. The zero-order valence-corrected chi connectivity index (χ0v) is 6.54. The van der Waals surface area contributed by atoms with Crippen LogP contribution in [-0.2, 0) is 4.79 Å². The summed E-state index contributed by atoms with van der Waals surface area (Å²) < 4.78 is 3.93. The zero-order valence-electron chi connectivity index (χ0n) is 5.73. The van der Waals surface area contributed by atoms with Crippen molar-refractivity contribution in [1.82, 2.24) is 4.37 Å². The minimum Gasteiger partial charge on any atom is -0.481 e. The summed E-state index contributed by atoms with van der Waals surface area (Å²) in [7, 11) is 0. The van der Waals surface area contributed by atoms with Gasteiger partial charge in [0.2, 0.25) is 0 Å². The highest BCUT2D eigenvalue weighted by Gasteiger charge is 2.44. The molecule has 0 unspecified atom stereocenters. The van der Waals surface area contributed by atoms with Gasteiger partial charge in [0.25, 0.3) is 0 Å². The Kier molecular flexibility index (Phi) is 1.42. The first-order valence-corrected chi connectivity index (χ1v) is 4.25. The van der Waals surface area contributed by atoms with Crippen molar-refractivity contribution in [3.8, 4) is 0 Å². The molecular formula is C7H7NO2S. The van der Waals surface area contributed by atoms with Gasteiger partial charge in [0.15, 0.2) is 0 Å². The van der Waals surface area contributed by atoms with E-state index in [-0.39, 0.29) is 11.8 Å². The molecule has 1 aliphatic rings. The fraction of sp³-hybridized carbons (Fsp3) is 0.429. The molecule has 58 valence electrons. The van der Waals surface area contributed by atoms with Crippen molar-refractivity contribution in [2.75, 3.05) is 0 Å². The Morgan fingerprint density at radius 2 is 2.64 bits per heavy atom. The number of hydrogen-bond acceptors (Lipinski definition) is 3. The third kappa shape index (κ3) is 1.14. The molecule has 0 spiro atoms. The average molecular weight is 169 g/mol. The molecule has 0 amide bonds. The fourth-order valence-electron chi connectivity index (χ4n) is 1.23. The lowest BCUT2D eigenvalue weighted by Crippen LogP contribution is -1.98. The van der Waals surface area contributed by atoms with Gasteiger partial charge in [0.05, 0.1) is 5.92 Å². The van der Waals surface area contributed by atoms with E-state index >= 15 is 0 Å². The minimum absolute atomic E-state index is 0.147. The Morgan fingerprint density at radius 3 is 3.09 bits per heavy atom. The van der Waals surface area contributed by atoms with E-state index < -0.39 is 5.97 Å². The van der Waals surface area contributed by atoms with Crippen molar-refractivity contribution >= 4 is 17.5 Å². The number of carboxylic acid groups (broad SMARTS) is 1. The molecule has 1 fully saturated rings. The molecule has 1 aromatic rings. The quantitative estimate of drug-likeness (QED) is 0.726. The van der Waals surface area contributed by atoms with Gasteiger partial charge in [-0.3, -0.25) is 4.79 Å². The van der Waals surface area contributed by atoms with Crippen LogP contribution in [0.3, 0.4) is 0 Å². The maximum atomic E-state index is 10.5. The van der Waals surface area contributed by atoms with Crippen LogP contribution in [-0.4, -0.2) is 15.4 Å². The molecular weight excluding hydrogens is 162 g/mol. The van der Waals surface area contributed by atoms with E-state index in [0.29, 0.717) is 0 Å². The molecule has 4 heteroatoms. The monoisotopic (exact) mass is 169 g/mol. The number of carboxylic acids is 1. The van der Waals surface area contributed by atoms with Crippen molar-refractivity contribution in [2.45, 2.75) is 12.3 Å². The van der Waals surface area contributed by atoms with Crippen LogP contribution in [0.25, 0.3) is 0 Å². The maximum Gasteiger partial charge on any atom is 0.307 e. The first kappa shape index (κ1) is 6.79. The molecule has 3 nitrogen and oxygen atoms in total.